The van der Waals surface area contributed by atoms with E-state index in [0.29, 0.717) is 6.54 Å². The second-order valence-corrected chi connectivity index (χ2v) is 5.09. The van der Waals surface area contributed by atoms with E-state index in [1.165, 1.54) is 0 Å². The molecule has 5 heteroatoms. The summed E-state index contributed by atoms with van der Waals surface area (Å²) in [6, 6.07) is 7.49. The van der Waals surface area contributed by atoms with Crippen molar-refractivity contribution in [3.63, 3.8) is 0 Å². The van der Waals surface area contributed by atoms with Gasteiger partial charge in [0.05, 0.1) is 13.7 Å². The topological polar surface area (TPSA) is 50.8 Å². The van der Waals surface area contributed by atoms with E-state index in [1.807, 2.05) is 24.3 Å². The molecular formula is C14H18N2O3. The molecule has 1 aromatic carbocycles. The van der Waals surface area contributed by atoms with E-state index in [0.717, 1.165) is 37.4 Å². The van der Waals surface area contributed by atoms with Gasteiger partial charge in [0, 0.05) is 18.5 Å². The molecule has 1 spiro atoms. The van der Waals surface area contributed by atoms with E-state index in [1.54, 1.807) is 12.0 Å². The molecule has 3 rings (SSSR count). The lowest BCUT2D eigenvalue weighted by molar-refractivity contribution is 0.0316. The van der Waals surface area contributed by atoms with Crippen molar-refractivity contribution in [1.29, 1.82) is 0 Å². The van der Waals surface area contributed by atoms with Gasteiger partial charge in [0.1, 0.15) is 11.4 Å². The highest BCUT2D eigenvalue weighted by Gasteiger charge is 2.46. The summed E-state index contributed by atoms with van der Waals surface area (Å²) in [5.74, 6) is 0.785. The van der Waals surface area contributed by atoms with Gasteiger partial charge in [-0.3, -0.25) is 4.90 Å². The maximum absolute atomic E-state index is 12.1. The first-order chi connectivity index (χ1) is 9.22. The van der Waals surface area contributed by atoms with Crippen LogP contribution in [0.15, 0.2) is 24.3 Å². The highest BCUT2D eigenvalue weighted by atomic mass is 16.6. The number of piperidine rings is 1. The standard InChI is InChI=1S/C14H18N2O3/c1-18-12-4-2-11(3-5-12)16-10-14(19-13(16)17)6-8-15-9-7-14/h2-5,15H,6-10H2,1H3. The Hall–Kier alpha value is -1.75. The molecule has 2 saturated heterocycles. The summed E-state index contributed by atoms with van der Waals surface area (Å²) in [7, 11) is 1.63. The van der Waals surface area contributed by atoms with Crippen molar-refractivity contribution in [2.75, 3.05) is 31.6 Å². The molecule has 1 aromatic rings. The van der Waals surface area contributed by atoms with Crippen LogP contribution < -0.4 is 15.0 Å². The fraction of sp³-hybridized carbons (Fsp3) is 0.500. The van der Waals surface area contributed by atoms with Crippen LogP contribution in [0.1, 0.15) is 12.8 Å². The van der Waals surface area contributed by atoms with Gasteiger partial charge in [0.2, 0.25) is 0 Å². The Bertz CT molecular complexity index is 466. The largest absolute Gasteiger partial charge is 0.497 e. The van der Waals surface area contributed by atoms with Crippen LogP contribution in [0.5, 0.6) is 5.75 Å². The van der Waals surface area contributed by atoms with Crippen molar-refractivity contribution >= 4 is 11.8 Å². The van der Waals surface area contributed by atoms with Crippen LogP contribution in [0.3, 0.4) is 0 Å². The van der Waals surface area contributed by atoms with E-state index in [9.17, 15) is 4.79 Å². The Morgan fingerprint density at radius 1 is 1.26 bits per heavy atom. The van der Waals surface area contributed by atoms with Crippen LogP contribution in [0.25, 0.3) is 0 Å². The first-order valence-electron chi connectivity index (χ1n) is 6.58. The quantitative estimate of drug-likeness (QED) is 0.882. The molecule has 0 aromatic heterocycles. The second kappa shape index (κ2) is 4.74. The predicted molar refractivity (Wildman–Crippen MR) is 71.7 cm³/mol. The molecule has 2 fully saturated rings. The number of ether oxygens (including phenoxy) is 2. The highest BCUT2D eigenvalue weighted by Crippen LogP contribution is 2.34. The SMILES string of the molecule is COc1ccc(N2CC3(CCNCC3)OC2=O)cc1. The Kier molecular flexibility index (Phi) is 3.06. The Labute approximate surface area is 112 Å². The lowest BCUT2D eigenvalue weighted by atomic mass is 9.92. The minimum Gasteiger partial charge on any atom is -0.497 e. The molecule has 2 aliphatic rings. The lowest BCUT2D eigenvalue weighted by Crippen LogP contribution is -2.44. The lowest BCUT2D eigenvalue weighted by Gasteiger charge is -2.31. The zero-order valence-electron chi connectivity index (χ0n) is 11.0. The van der Waals surface area contributed by atoms with Gasteiger partial charge < -0.3 is 14.8 Å². The molecule has 5 nitrogen and oxygen atoms in total. The highest BCUT2D eigenvalue weighted by molar-refractivity contribution is 5.90. The van der Waals surface area contributed by atoms with E-state index < -0.39 is 0 Å². The van der Waals surface area contributed by atoms with Crippen LogP contribution >= 0.6 is 0 Å². The van der Waals surface area contributed by atoms with Crippen molar-refractivity contribution < 1.29 is 14.3 Å². The summed E-state index contributed by atoms with van der Waals surface area (Å²) in [5.41, 5.74) is 0.559. The number of hydrogen-bond donors (Lipinski definition) is 1. The summed E-state index contributed by atoms with van der Waals surface area (Å²) in [6.45, 7) is 2.45. The monoisotopic (exact) mass is 262 g/mol. The molecule has 0 atom stereocenters. The number of amides is 1. The molecule has 19 heavy (non-hydrogen) atoms. The number of rotatable bonds is 2. The van der Waals surface area contributed by atoms with Crippen LogP contribution in [0.2, 0.25) is 0 Å². The number of benzene rings is 1. The number of methoxy groups -OCH3 is 1. The molecular weight excluding hydrogens is 244 g/mol. The average molecular weight is 262 g/mol. The molecule has 0 unspecified atom stereocenters. The molecule has 2 aliphatic heterocycles. The number of anilines is 1. The summed E-state index contributed by atoms with van der Waals surface area (Å²) >= 11 is 0. The number of hydrogen-bond acceptors (Lipinski definition) is 4. The maximum Gasteiger partial charge on any atom is 0.415 e. The molecule has 1 N–H and O–H groups in total. The minimum atomic E-state index is -0.303. The Morgan fingerprint density at radius 2 is 1.95 bits per heavy atom. The predicted octanol–water partition coefficient (Wildman–Crippen LogP) is 1.77. The molecule has 0 aliphatic carbocycles. The molecule has 1 amide bonds. The molecule has 0 bridgehead atoms. The number of carbonyl (C=O) groups is 1. The van der Waals surface area contributed by atoms with Gasteiger partial charge in [0.15, 0.2) is 0 Å². The summed E-state index contributed by atoms with van der Waals surface area (Å²) in [6.07, 6.45) is 1.52. The third-order valence-corrected chi connectivity index (χ3v) is 3.87. The second-order valence-electron chi connectivity index (χ2n) is 5.09. The number of nitrogens with one attached hydrogen (secondary N) is 1. The average Bonchev–Trinajstić information content (AvgIpc) is 2.76. The van der Waals surface area contributed by atoms with Gasteiger partial charge in [-0.25, -0.2) is 4.79 Å². The van der Waals surface area contributed by atoms with Gasteiger partial charge in [-0.2, -0.15) is 0 Å². The van der Waals surface area contributed by atoms with Crippen LogP contribution in [-0.2, 0) is 4.74 Å². The van der Waals surface area contributed by atoms with E-state index >= 15 is 0 Å². The zero-order valence-corrected chi connectivity index (χ0v) is 11.0. The molecule has 0 saturated carbocycles. The Balaban J connectivity index is 1.79. The third kappa shape index (κ3) is 2.26. The third-order valence-electron chi connectivity index (χ3n) is 3.87. The van der Waals surface area contributed by atoms with Crippen LogP contribution in [0.4, 0.5) is 10.5 Å². The van der Waals surface area contributed by atoms with E-state index in [4.69, 9.17) is 9.47 Å². The fourth-order valence-electron chi connectivity index (χ4n) is 2.73. The maximum atomic E-state index is 12.1. The van der Waals surface area contributed by atoms with Crippen LogP contribution in [-0.4, -0.2) is 38.4 Å². The molecule has 2 heterocycles. The van der Waals surface area contributed by atoms with Gasteiger partial charge in [-0.15, -0.1) is 0 Å². The van der Waals surface area contributed by atoms with Crippen molar-refractivity contribution in [3.8, 4) is 5.75 Å². The van der Waals surface area contributed by atoms with Crippen LogP contribution in [0, 0.1) is 0 Å². The number of carbonyl (C=O) groups excluding carboxylic acids is 1. The zero-order chi connectivity index (χ0) is 13.3. The smallest absolute Gasteiger partial charge is 0.415 e. The minimum absolute atomic E-state index is 0.243. The van der Waals surface area contributed by atoms with Crippen molar-refractivity contribution in [3.05, 3.63) is 24.3 Å². The van der Waals surface area contributed by atoms with Gasteiger partial charge in [-0.05, 0) is 37.4 Å². The first-order valence-corrected chi connectivity index (χ1v) is 6.58. The van der Waals surface area contributed by atoms with E-state index in [2.05, 4.69) is 5.32 Å². The van der Waals surface area contributed by atoms with Crippen molar-refractivity contribution in [1.82, 2.24) is 5.32 Å². The summed E-state index contributed by atoms with van der Waals surface area (Å²) in [4.78, 5) is 13.8. The van der Waals surface area contributed by atoms with Crippen molar-refractivity contribution in [2.45, 2.75) is 18.4 Å². The first kappa shape index (κ1) is 12.3. The van der Waals surface area contributed by atoms with Gasteiger partial charge >= 0.3 is 6.09 Å². The Morgan fingerprint density at radius 3 is 2.58 bits per heavy atom. The van der Waals surface area contributed by atoms with E-state index in [-0.39, 0.29) is 11.7 Å². The normalized spacial score (nSPS) is 21.5. The fourth-order valence-corrected chi connectivity index (χ4v) is 2.73. The number of nitrogens with zero attached hydrogens (tertiary/aromatic N) is 1. The van der Waals surface area contributed by atoms with Crippen molar-refractivity contribution in [2.24, 2.45) is 0 Å². The molecule has 102 valence electrons. The summed E-state index contributed by atoms with van der Waals surface area (Å²) < 4.78 is 10.8. The van der Waals surface area contributed by atoms with Gasteiger partial charge in [0.25, 0.3) is 0 Å². The summed E-state index contributed by atoms with van der Waals surface area (Å²) in [5, 5.41) is 3.29. The molecule has 0 radical (unpaired) electrons. The van der Waals surface area contributed by atoms with Gasteiger partial charge in [-0.1, -0.05) is 0 Å².